The highest BCUT2D eigenvalue weighted by Crippen LogP contribution is 2.45. The second kappa shape index (κ2) is 14.8. The molecule has 2 aliphatic rings. The standard InChI is InChI=1S/C60H40N2/c1-2-11-40(12-3-1)41-21-23-42(24-22-41)43-25-31-50(32-26-43)62-51-33-29-49(30-34-51)61-58-19-8-6-18-55(58)57-39-48-38-46(45-14-10-15-47(37-45)53-16-7-9-20-59(53)62)28-35-52(48)56-36-27-44-13-4-5-17-54(44)60(56)57/h1-39,61H. The van der Waals surface area contributed by atoms with Crippen molar-refractivity contribution in [3.05, 3.63) is 237 Å². The molecule has 0 aliphatic carbocycles. The van der Waals surface area contributed by atoms with Gasteiger partial charge in [0.25, 0.3) is 0 Å². The van der Waals surface area contributed by atoms with Gasteiger partial charge in [-0.25, -0.2) is 0 Å². The molecule has 0 fully saturated rings. The summed E-state index contributed by atoms with van der Waals surface area (Å²) in [5.41, 5.74) is 17.2. The van der Waals surface area contributed by atoms with Crippen LogP contribution in [-0.4, -0.2) is 0 Å². The minimum atomic E-state index is 1.02. The van der Waals surface area contributed by atoms with E-state index in [0.29, 0.717) is 0 Å². The maximum absolute atomic E-state index is 3.85. The normalized spacial score (nSPS) is 12.0. The summed E-state index contributed by atoms with van der Waals surface area (Å²) in [6.07, 6.45) is 0. The lowest BCUT2D eigenvalue weighted by atomic mass is 9.88. The van der Waals surface area contributed by atoms with E-state index in [2.05, 4.69) is 247 Å². The van der Waals surface area contributed by atoms with Crippen LogP contribution in [0.25, 0.3) is 88.0 Å². The van der Waals surface area contributed by atoms with E-state index in [1.165, 1.54) is 76.8 Å². The molecular formula is C60H40N2. The lowest BCUT2D eigenvalue weighted by molar-refractivity contribution is 1.28. The van der Waals surface area contributed by atoms with Gasteiger partial charge in [-0.3, -0.25) is 0 Å². The molecule has 290 valence electrons. The smallest absolute Gasteiger partial charge is 0.0540 e. The first-order valence-corrected chi connectivity index (χ1v) is 21.3. The average Bonchev–Trinajstić information content (AvgIpc) is 3.35. The largest absolute Gasteiger partial charge is 0.355 e. The summed E-state index contributed by atoms with van der Waals surface area (Å²) in [7, 11) is 0. The monoisotopic (exact) mass is 788 g/mol. The molecule has 0 saturated carbocycles. The molecule has 11 aromatic rings. The Morgan fingerprint density at radius 3 is 1.65 bits per heavy atom. The maximum Gasteiger partial charge on any atom is 0.0540 e. The molecule has 2 heterocycles. The van der Waals surface area contributed by atoms with Gasteiger partial charge in [0.05, 0.1) is 5.69 Å². The summed E-state index contributed by atoms with van der Waals surface area (Å²) in [4.78, 5) is 2.39. The van der Waals surface area contributed by atoms with Crippen molar-refractivity contribution in [2.75, 3.05) is 10.2 Å². The van der Waals surface area contributed by atoms with Crippen LogP contribution in [0.3, 0.4) is 0 Å². The van der Waals surface area contributed by atoms with E-state index in [1.807, 2.05) is 0 Å². The zero-order chi connectivity index (χ0) is 41.0. The van der Waals surface area contributed by atoms with Gasteiger partial charge < -0.3 is 10.2 Å². The van der Waals surface area contributed by atoms with Gasteiger partial charge in [0, 0.05) is 33.9 Å². The summed E-state index contributed by atoms with van der Waals surface area (Å²) in [5, 5.41) is 11.3. The van der Waals surface area contributed by atoms with Crippen molar-refractivity contribution >= 4 is 60.8 Å². The number of fused-ring (bicyclic) bond motifs is 6. The number of nitrogens with one attached hydrogen (secondary N) is 1. The van der Waals surface area contributed by atoms with E-state index in [0.717, 1.165) is 39.6 Å². The number of anilines is 5. The van der Waals surface area contributed by atoms with Gasteiger partial charge in [0.2, 0.25) is 0 Å². The number of benzene rings is 11. The molecule has 0 radical (unpaired) electrons. The first-order chi connectivity index (χ1) is 30.7. The molecule has 62 heavy (non-hydrogen) atoms. The molecule has 0 saturated heterocycles. The fourth-order valence-electron chi connectivity index (χ4n) is 9.50. The first-order valence-electron chi connectivity index (χ1n) is 21.3. The van der Waals surface area contributed by atoms with E-state index >= 15 is 0 Å². The van der Waals surface area contributed by atoms with Crippen molar-refractivity contribution in [3.8, 4) is 55.6 Å². The SMILES string of the molecule is c1ccc(-c2ccc(-c3ccc(N4c5ccc(cc5)Nc5ccccc5-c5cc6cc(ccc6c6ccc7ccccc7c56)-c5cccc(c5)-c5ccccc54)cc3)cc2)cc1. The van der Waals surface area contributed by atoms with Crippen LogP contribution in [0.1, 0.15) is 0 Å². The van der Waals surface area contributed by atoms with Gasteiger partial charge >= 0.3 is 0 Å². The highest BCUT2D eigenvalue weighted by molar-refractivity contribution is 6.24. The van der Waals surface area contributed by atoms with Gasteiger partial charge in [-0.15, -0.1) is 0 Å². The topological polar surface area (TPSA) is 15.3 Å². The molecule has 0 spiro atoms. The van der Waals surface area contributed by atoms with Crippen LogP contribution in [0.2, 0.25) is 0 Å². The van der Waals surface area contributed by atoms with Crippen LogP contribution >= 0.6 is 0 Å². The van der Waals surface area contributed by atoms with Crippen molar-refractivity contribution < 1.29 is 0 Å². The van der Waals surface area contributed by atoms with Gasteiger partial charge in [0.15, 0.2) is 0 Å². The molecular weight excluding hydrogens is 749 g/mol. The van der Waals surface area contributed by atoms with Crippen LogP contribution in [-0.2, 0) is 0 Å². The zero-order valence-corrected chi connectivity index (χ0v) is 34.0. The summed E-state index contributed by atoms with van der Waals surface area (Å²) in [6.45, 7) is 0. The van der Waals surface area contributed by atoms with Crippen LogP contribution < -0.4 is 10.2 Å². The molecule has 11 aromatic carbocycles. The summed E-state index contributed by atoms with van der Waals surface area (Å²) >= 11 is 0. The van der Waals surface area contributed by atoms with Crippen molar-refractivity contribution in [2.24, 2.45) is 0 Å². The van der Waals surface area contributed by atoms with Crippen molar-refractivity contribution in [1.29, 1.82) is 0 Å². The second-order valence-electron chi connectivity index (χ2n) is 16.2. The fraction of sp³-hybridized carbons (Fsp3) is 0. The number of nitrogens with zero attached hydrogens (tertiary/aromatic N) is 1. The fourth-order valence-corrected chi connectivity index (χ4v) is 9.50. The molecule has 2 nitrogen and oxygen atoms in total. The average molecular weight is 789 g/mol. The lowest BCUT2D eigenvalue weighted by Crippen LogP contribution is -2.11. The molecule has 0 atom stereocenters. The quantitative estimate of drug-likeness (QED) is 0.179. The highest BCUT2D eigenvalue weighted by atomic mass is 15.1. The van der Waals surface area contributed by atoms with E-state index in [4.69, 9.17) is 0 Å². The Morgan fingerprint density at radius 1 is 0.290 bits per heavy atom. The van der Waals surface area contributed by atoms with Crippen LogP contribution in [0.15, 0.2) is 237 Å². The van der Waals surface area contributed by atoms with E-state index < -0.39 is 0 Å². The highest BCUT2D eigenvalue weighted by Gasteiger charge is 2.20. The second-order valence-corrected chi connectivity index (χ2v) is 16.2. The number of para-hydroxylation sites is 2. The van der Waals surface area contributed by atoms with Crippen LogP contribution in [0.4, 0.5) is 28.4 Å². The number of hydrogen-bond acceptors (Lipinski definition) is 2. The minimum absolute atomic E-state index is 1.02. The Balaban J connectivity index is 1.04. The molecule has 1 N–H and O–H groups in total. The third kappa shape index (κ3) is 6.20. The van der Waals surface area contributed by atoms with Gasteiger partial charge in [-0.05, 0) is 144 Å². The zero-order valence-electron chi connectivity index (χ0n) is 34.0. The Labute approximate surface area is 361 Å². The summed E-state index contributed by atoms with van der Waals surface area (Å²) in [5.74, 6) is 0. The molecule has 0 amide bonds. The van der Waals surface area contributed by atoms with E-state index in [-0.39, 0.29) is 0 Å². The Morgan fingerprint density at radius 2 is 0.855 bits per heavy atom. The predicted octanol–water partition coefficient (Wildman–Crippen LogP) is 17.0. The third-order valence-corrected chi connectivity index (χ3v) is 12.6. The maximum atomic E-state index is 3.85. The van der Waals surface area contributed by atoms with Crippen molar-refractivity contribution in [3.63, 3.8) is 0 Å². The van der Waals surface area contributed by atoms with Crippen molar-refractivity contribution in [1.82, 2.24) is 0 Å². The molecule has 13 rings (SSSR count). The van der Waals surface area contributed by atoms with E-state index in [1.54, 1.807) is 0 Å². The molecule has 0 unspecified atom stereocenters. The number of rotatable bonds is 3. The van der Waals surface area contributed by atoms with Gasteiger partial charge in [-0.1, -0.05) is 170 Å². The molecule has 2 aliphatic heterocycles. The van der Waals surface area contributed by atoms with Gasteiger partial charge in [-0.2, -0.15) is 0 Å². The first kappa shape index (κ1) is 35.7. The molecule has 7 bridgehead atoms. The Bertz CT molecular complexity index is 3460. The minimum Gasteiger partial charge on any atom is -0.355 e. The van der Waals surface area contributed by atoms with Crippen LogP contribution in [0.5, 0.6) is 0 Å². The Hall–Kier alpha value is -8.20. The van der Waals surface area contributed by atoms with E-state index in [9.17, 15) is 0 Å². The number of hydrogen-bond donors (Lipinski definition) is 1. The molecule has 0 aromatic heterocycles. The van der Waals surface area contributed by atoms with Gasteiger partial charge in [0.1, 0.15) is 0 Å². The van der Waals surface area contributed by atoms with Crippen LogP contribution in [0, 0.1) is 0 Å². The van der Waals surface area contributed by atoms with Crippen molar-refractivity contribution in [2.45, 2.75) is 0 Å². The Kier molecular flexibility index (Phi) is 8.53. The third-order valence-electron chi connectivity index (χ3n) is 12.6. The predicted molar refractivity (Wildman–Crippen MR) is 264 cm³/mol. The lowest BCUT2D eigenvalue weighted by Gasteiger charge is -2.28. The summed E-state index contributed by atoms with van der Waals surface area (Å²) in [6, 6.07) is 86.5. The molecule has 2 heteroatoms. The summed E-state index contributed by atoms with van der Waals surface area (Å²) < 4.78 is 0.